The van der Waals surface area contributed by atoms with Crippen LogP contribution >= 0.6 is 0 Å². The van der Waals surface area contributed by atoms with Crippen molar-refractivity contribution in [2.75, 3.05) is 6.61 Å². The van der Waals surface area contributed by atoms with Crippen LogP contribution in [-0.4, -0.2) is 29.3 Å². The molecule has 2 N–H and O–H groups in total. The lowest BCUT2D eigenvalue weighted by Gasteiger charge is -2.41. The van der Waals surface area contributed by atoms with E-state index in [-0.39, 0.29) is 30.6 Å². The molecule has 1 aromatic heterocycles. The van der Waals surface area contributed by atoms with Gasteiger partial charge in [0, 0.05) is 17.5 Å². The molecule has 6 heteroatoms. The largest absolute Gasteiger partial charge is 0.487 e. The van der Waals surface area contributed by atoms with Gasteiger partial charge < -0.3 is 19.6 Å². The summed E-state index contributed by atoms with van der Waals surface area (Å²) in [6.45, 7) is 3.42. The van der Waals surface area contributed by atoms with Gasteiger partial charge in [-0.25, -0.2) is 4.79 Å². The second-order valence-corrected chi connectivity index (χ2v) is 8.62. The molecule has 1 amide bonds. The number of hydrogen-bond donors (Lipinski definition) is 2. The smallest absolute Gasteiger partial charge is 0.340 e. The molecule has 6 nitrogen and oxygen atoms in total. The molecule has 1 atom stereocenters. The summed E-state index contributed by atoms with van der Waals surface area (Å²) < 4.78 is 12.0. The van der Waals surface area contributed by atoms with Gasteiger partial charge in [0.05, 0.1) is 18.6 Å². The third-order valence-corrected chi connectivity index (χ3v) is 6.43. The molecule has 1 saturated carbocycles. The summed E-state index contributed by atoms with van der Waals surface area (Å²) in [5.74, 6) is 0.525. The molecule has 1 aromatic carbocycles. The van der Waals surface area contributed by atoms with Crippen LogP contribution in [-0.2, 0) is 17.6 Å². The van der Waals surface area contributed by atoms with Crippen molar-refractivity contribution in [2.24, 2.45) is 0 Å². The number of carbonyl (C=O) groups excluding carboxylic acids is 1. The summed E-state index contributed by atoms with van der Waals surface area (Å²) in [6.07, 6.45) is 7.78. The van der Waals surface area contributed by atoms with E-state index in [1.165, 1.54) is 19.3 Å². The molecular weight excluding hydrogens is 370 g/mol. The highest BCUT2D eigenvalue weighted by molar-refractivity contribution is 5.86. The first-order valence-corrected chi connectivity index (χ1v) is 10.6. The Balaban J connectivity index is 1.66. The molecule has 0 saturated heterocycles. The Kier molecular flexibility index (Phi) is 5.38. The zero-order valence-electron chi connectivity index (χ0n) is 17.2. The molecule has 4 rings (SSSR count). The minimum atomic E-state index is -0.495. The molecular formula is C23H29NO5. The van der Waals surface area contributed by atoms with Gasteiger partial charge in [0.2, 0.25) is 5.91 Å². The molecule has 2 heterocycles. The van der Waals surface area contributed by atoms with E-state index in [1.807, 2.05) is 13.0 Å². The maximum absolute atomic E-state index is 12.6. The van der Waals surface area contributed by atoms with Crippen molar-refractivity contribution >= 4 is 16.9 Å². The molecule has 1 aliphatic heterocycles. The summed E-state index contributed by atoms with van der Waals surface area (Å²) in [4.78, 5) is 24.8. The number of hydrogen-bond acceptors (Lipinski definition) is 5. The second kappa shape index (κ2) is 7.82. The van der Waals surface area contributed by atoms with Crippen molar-refractivity contribution in [1.29, 1.82) is 0 Å². The number of benzene rings is 1. The Morgan fingerprint density at radius 1 is 1.24 bits per heavy atom. The predicted octanol–water partition coefficient (Wildman–Crippen LogP) is 3.17. The molecule has 1 fully saturated rings. The monoisotopic (exact) mass is 399 g/mol. The van der Waals surface area contributed by atoms with Crippen molar-refractivity contribution in [3.8, 4) is 5.75 Å². The van der Waals surface area contributed by atoms with Crippen LogP contribution in [0.1, 0.15) is 62.1 Å². The van der Waals surface area contributed by atoms with Gasteiger partial charge in [-0.1, -0.05) is 6.42 Å². The third kappa shape index (κ3) is 3.90. The Morgan fingerprint density at radius 2 is 2.00 bits per heavy atom. The molecule has 2 aliphatic rings. The quantitative estimate of drug-likeness (QED) is 0.771. The van der Waals surface area contributed by atoms with Crippen molar-refractivity contribution in [1.82, 2.24) is 5.32 Å². The summed E-state index contributed by atoms with van der Waals surface area (Å²) in [5.41, 5.74) is 2.21. The maximum Gasteiger partial charge on any atom is 0.340 e. The number of fused-ring (bicyclic) bond motifs is 2. The molecule has 29 heavy (non-hydrogen) atoms. The molecule has 2 aromatic rings. The van der Waals surface area contributed by atoms with Crippen LogP contribution < -0.4 is 15.7 Å². The molecule has 1 aliphatic carbocycles. The second-order valence-electron chi connectivity index (χ2n) is 8.62. The number of carbonyl (C=O) groups is 1. The van der Waals surface area contributed by atoms with E-state index in [9.17, 15) is 9.59 Å². The van der Waals surface area contributed by atoms with Crippen molar-refractivity contribution in [2.45, 2.75) is 76.9 Å². The minimum Gasteiger partial charge on any atom is -0.487 e. The number of aliphatic hydroxyl groups excluding tert-OH is 1. The van der Waals surface area contributed by atoms with Gasteiger partial charge in [-0.15, -0.1) is 0 Å². The maximum atomic E-state index is 12.6. The van der Waals surface area contributed by atoms with E-state index in [1.54, 1.807) is 6.92 Å². The highest BCUT2D eigenvalue weighted by atomic mass is 16.5. The fraction of sp³-hybridized carbons (Fsp3) is 0.565. The van der Waals surface area contributed by atoms with Crippen LogP contribution in [0.3, 0.4) is 0 Å². The summed E-state index contributed by atoms with van der Waals surface area (Å²) in [5, 5.41) is 12.6. The minimum absolute atomic E-state index is 0.0598. The van der Waals surface area contributed by atoms with Crippen LogP contribution in [0.25, 0.3) is 11.0 Å². The van der Waals surface area contributed by atoms with E-state index in [2.05, 4.69) is 11.4 Å². The van der Waals surface area contributed by atoms with Crippen molar-refractivity contribution in [3.63, 3.8) is 0 Å². The van der Waals surface area contributed by atoms with Gasteiger partial charge in [0.1, 0.15) is 16.9 Å². The lowest BCUT2D eigenvalue weighted by molar-refractivity contribution is -0.121. The fourth-order valence-electron chi connectivity index (χ4n) is 4.68. The molecule has 1 spiro atoms. The van der Waals surface area contributed by atoms with Crippen LogP contribution in [0.15, 0.2) is 21.3 Å². The van der Waals surface area contributed by atoms with Crippen molar-refractivity contribution in [3.05, 3.63) is 39.2 Å². The van der Waals surface area contributed by atoms with Gasteiger partial charge in [-0.05, 0) is 69.6 Å². The SMILES string of the molecule is Cc1c(CC(=O)N[C@@H](C)CO)c(=O)oc2cc3c(cc12)CCC1(CCCCC1)O3. The standard InChI is InChI=1S/C23H29NO5/c1-14(13-25)24-21(26)11-18-15(2)17-10-16-6-9-23(7-4-3-5-8-23)29-19(16)12-20(17)28-22(18)27/h10,12,14,25H,3-9,11,13H2,1-2H3,(H,24,26)/t14-/m0/s1. The van der Waals surface area contributed by atoms with Crippen LogP contribution in [0.5, 0.6) is 5.75 Å². The first kappa shape index (κ1) is 20.0. The van der Waals surface area contributed by atoms with Crippen LogP contribution in [0.4, 0.5) is 0 Å². The highest BCUT2D eigenvalue weighted by Gasteiger charge is 2.37. The number of ether oxygens (including phenoxy) is 1. The van der Waals surface area contributed by atoms with Crippen LogP contribution in [0.2, 0.25) is 0 Å². The highest BCUT2D eigenvalue weighted by Crippen LogP contribution is 2.43. The summed E-state index contributed by atoms with van der Waals surface area (Å²) in [6, 6.07) is 3.55. The van der Waals surface area contributed by atoms with E-state index in [4.69, 9.17) is 14.3 Å². The lowest BCUT2D eigenvalue weighted by atomic mass is 9.79. The number of amides is 1. The van der Waals surface area contributed by atoms with Gasteiger partial charge in [0.25, 0.3) is 0 Å². The Hall–Kier alpha value is -2.34. The zero-order valence-corrected chi connectivity index (χ0v) is 17.2. The number of nitrogens with one attached hydrogen (secondary N) is 1. The van der Waals surface area contributed by atoms with Gasteiger partial charge in [0.15, 0.2) is 0 Å². The molecule has 0 bridgehead atoms. The number of aliphatic hydroxyl groups is 1. The third-order valence-electron chi connectivity index (χ3n) is 6.43. The van der Waals surface area contributed by atoms with Gasteiger partial charge in [-0.2, -0.15) is 0 Å². The van der Waals surface area contributed by atoms with Crippen molar-refractivity contribution < 1.29 is 19.1 Å². The number of aryl methyl sites for hydroxylation is 2. The average Bonchev–Trinajstić information content (AvgIpc) is 2.70. The predicted molar refractivity (Wildman–Crippen MR) is 110 cm³/mol. The van der Waals surface area contributed by atoms with E-state index >= 15 is 0 Å². The van der Waals surface area contributed by atoms with Gasteiger partial charge >= 0.3 is 5.63 Å². The van der Waals surface area contributed by atoms with Crippen LogP contribution in [0, 0.1) is 6.92 Å². The molecule has 0 radical (unpaired) electrons. The first-order valence-electron chi connectivity index (χ1n) is 10.6. The Morgan fingerprint density at radius 3 is 2.72 bits per heavy atom. The lowest BCUT2D eigenvalue weighted by Crippen LogP contribution is -2.41. The topological polar surface area (TPSA) is 88.8 Å². The fourth-order valence-corrected chi connectivity index (χ4v) is 4.68. The normalized spacial score (nSPS) is 18.9. The number of rotatable bonds is 4. The zero-order chi connectivity index (χ0) is 20.6. The molecule has 156 valence electrons. The van der Waals surface area contributed by atoms with Gasteiger partial charge in [-0.3, -0.25) is 4.79 Å². The summed E-state index contributed by atoms with van der Waals surface area (Å²) >= 11 is 0. The average molecular weight is 399 g/mol. The Labute approximate surface area is 170 Å². The van der Waals surface area contributed by atoms with E-state index in [0.29, 0.717) is 11.1 Å². The summed E-state index contributed by atoms with van der Waals surface area (Å²) in [7, 11) is 0. The molecule has 0 unspecified atom stereocenters. The first-order chi connectivity index (χ1) is 13.9. The van der Waals surface area contributed by atoms with E-state index < -0.39 is 5.63 Å². The Bertz CT molecular complexity index is 987. The van der Waals surface area contributed by atoms with E-state index in [0.717, 1.165) is 47.9 Å².